The Balaban J connectivity index is 2.06. The van der Waals surface area contributed by atoms with Crippen molar-refractivity contribution in [2.75, 3.05) is 6.54 Å². The summed E-state index contributed by atoms with van der Waals surface area (Å²) in [6.07, 6.45) is 2.57. The lowest BCUT2D eigenvalue weighted by Crippen LogP contribution is -2.32. The number of hydrogen-bond donors (Lipinski definition) is 2. The largest absolute Gasteiger partial charge is 0.296 e. The Labute approximate surface area is 112 Å². The first-order valence-corrected chi connectivity index (χ1v) is 7.31. The summed E-state index contributed by atoms with van der Waals surface area (Å²) in [6, 6.07) is 2.74. The minimum absolute atomic E-state index is 0.180. The van der Waals surface area contributed by atoms with Gasteiger partial charge < -0.3 is 0 Å². The van der Waals surface area contributed by atoms with Gasteiger partial charge in [0, 0.05) is 19.1 Å². The number of nitrogens with zero attached hydrogens (tertiary/aromatic N) is 1. The summed E-state index contributed by atoms with van der Waals surface area (Å²) in [5.74, 6) is 5.68. The van der Waals surface area contributed by atoms with E-state index >= 15 is 0 Å². The molecule has 1 saturated carbocycles. The molecule has 0 aromatic carbocycles. The third-order valence-corrected chi connectivity index (χ3v) is 4.08. The molecule has 4 nitrogen and oxygen atoms in total. The van der Waals surface area contributed by atoms with E-state index in [4.69, 9.17) is 5.84 Å². The molecular formula is C13H21N3OS. The molecule has 1 amide bonds. The van der Waals surface area contributed by atoms with Crippen LogP contribution in [-0.4, -0.2) is 23.4 Å². The van der Waals surface area contributed by atoms with Gasteiger partial charge in [-0.2, -0.15) is 0 Å². The topological polar surface area (TPSA) is 58.4 Å². The van der Waals surface area contributed by atoms with Gasteiger partial charge in [0.2, 0.25) is 0 Å². The van der Waals surface area contributed by atoms with Crippen molar-refractivity contribution in [2.24, 2.45) is 11.8 Å². The second-order valence-corrected chi connectivity index (χ2v) is 6.22. The molecule has 5 heteroatoms. The maximum absolute atomic E-state index is 11.6. The number of amides is 1. The van der Waals surface area contributed by atoms with Crippen molar-refractivity contribution in [1.29, 1.82) is 0 Å². The number of nitrogens with one attached hydrogen (secondary N) is 1. The molecule has 1 fully saturated rings. The highest BCUT2D eigenvalue weighted by Gasteiger charge is 2.30. The lowest BCUT2D eigenvalue weighted by Gasteiger charge is -2.24. The fraction of sp³-hybridized carbons (Fsp3) is 0.615. The molecule has 18 heavy (non-hydrogen) atoms. The molecule has 100 valence electrons. The Bertz CT molecular complexity index is 412. The van der Waals surface area contributed by atoms with Crippen LogP contribution in [0, 0.1) is 5.92 Å². The standard InChI is InChI=1S/C13H21N3OS/c1-9(2)7-16(11-3-4-11)8-10-5-6-18-12(10)13(17)15-14/h5-6,9,11H,3-4,7-8,14H2,1-2H3,(H,15,17). The number of hydrogen-bond acceptors (Lipinski definition) is 4. The van der Waals surface area contributed by atoms with E-state index in [1.807, 2.05) is 11.4 Å². The van der Waals surface area contributed by atoms with Crippen LogP contribution in [0.1, 0.15) is 41.9 Å². The lowest BCUT2D eigenvalue weighted by atomic mass is 10.1. The molecule has 1 aliphatic carbocycles. The van der Waals surface area contributed by atoms with Crippen molar-refractivity contribution in [3.63, 3.8) is 0 Å². The van der Waals surface area contributed by atoms with Gasteiger partial charge in [-0.1, -0.05) is 13.8 Å². The van der Waals surface area contributed by atoms with Crippen LogP contribution in [0.15, 0.2) is 11.4 Å². The van der Waals surface area contributed by atoms with Gasteiger partial charge in [-0.25, -0.2) is 5.84 Å². The molecule has 0 bridgehead atoms. The molecule has 0 radical (unpaired) electrons. The van der Waals surface area contributed by atoms with E-state index in [2.05, 4.69) is 24.2 Å². The van der Waals surface area contributed by atoms with Gasteiger partial charge in [-0.15, -0.1) is 11.3 Å². The molecular weight excluding hydrogens is 246 g/mol. The highest BCUT2D eigenvalue weighted by Crippen LogP contribution is 2.30. The predicted molar refractivity (Wildman–Crippen MR) is 74.2 cm³/mol. The first kappa shape index (κ1) is 13.5. The van der Waals surface area contributed by atoms with Gasteiger partial charge in [0.05, 0.1) is 4.88 Å². The Morgan fingerprint density at radius 3 is 2.89 bits per heavy atom. The van der Waals surface area contributed by atoms with Crippen LogP contribution in [0.3, 0.4) is 0 Å². The van der Waals surface area contributed by atoms with Crippen molar-refractivity contribution < 1.29 is 4.79 Å². The van der Waals surface area contributed by atoms with Gasteiger partial charge in [0.1, 0.15) is 0 Å². The van der Waals surface area contributed by atoms with E-state index in [1.165, 1.54) is 24.2 Å². The summed E-state index contributed by atoms with van der Waals surface area (Å²) in [5, 5.41) is 1.96. The molecule has 1 aromatic rings. The van der Waals surface area contributed by atoms with Gasteiger partial charge in [-0.3, -0.25) is 15.1 Å². The number of nitrogens with two attached hydrogens (primary N) is 1. The third kappa shape index (κ3) is 3.31. The molecule has 1 aliphatic rings. The SMILES string of the molecule is CC(C)CN(Cc1ccsc1C(=O)NN)C1CC1. The second kappa shape index (κ2) is 5.82. The lowest BCUT2D eigenvalue weighted by molar-refractivity contribution is 0.0955. The number of carbonyl (C=O) groups is 1. The molecule has 0 aliphatic heterocycles. The van der Waals surface area contributed by atoms with Crippen molar-refractivity contribution in [3.05, 3.63) is 21.9 Å². The van der Waals surface area contributed by atoms with Crippen molar-refractivity contribution in [1.82, 2.24) is 10.3 Å². The summed E-state index contributed by atoms with van der Waals surface area (Å²) in [4.78, 5) is 14.9. The van der Waals surface area contributed by atoms with Gasteiger partial charge in [0.25, 0.3) is 5.91 Å². The van der Waals surface area contributed by atoms with Gasteiger partial charge in [0.15, 0.2) is 0 Å². The summed E-state index contributed by atoms with van der Waals surface area (Å²) < 4.78 is 0. The molecule has 0 saturated heterocycles. The third-order valence-electron chi connectivity index (χ3n) is 3.12. The van der Waals surface area contributed by atoms with E-state index in [0.29, 0.717) is 12.0 Å². The summed E-state index contributed by atoms with van der Waals surface area (Å²) in [6.45, 7) is 6.41. The Kier molecular flexibility index (Phi) is 4.37. The van der Waals surface area contributed by atoms with E-state index < -0.39 is 0 Å². The average Bonchev–Trinajstić information content (AvgIpc) is 3.08. The van der Waals surface area contributed by atoms with E-state index in [0.717, 1.165) is 23.5 Å². The Morgan fingerprint density at radius 2 is 2.33 bits per heavy atom. The smallest absolute Gasteiger partial charge is 0.275 e. The number of rotatable bonds is 6. The van der Waals surface area contributed by atoms with Crippen LogP contribution < -0.4 is 11.3 Å². The van der Waals surface area contributed by atoms with E-state index in [1.54, 1.807) is 0 Å². The van der Waals surface area contributed by atoms with Crippen LogP contribution in [0.4, 0.5) is 0 Å². The van der Waals surface area contributed by atoms with Crippen LogP contribution in [0.2, 0.25) is 0 Å². The molecule has 0 unspecified atom stereocenters. The normalized spacial score (nSPS) is 15.4. The average molecular weight is 267 g/mol. The maximum Gasteiger partial charge on any atom is 0.275 e. The summed E-state index contributed by atoms with van der Waals surface area (Å²) in [5.41, 5.74) is 3.31. The number of hydrazine groups is 1. The van der Waals surface area contributed by atoms with Gasteiger partial charge >= 0.3 is 0 Å². The number of nitrogen functional groups attached to an aromatic ring is 1. The van der Waals surface area contributed by atoms with Crippen LogP contribution in [-0.2, 0) is 6.54 Å². The molecule has 3 N–H and O–H groups in total. The fourth-order valence-corrected chi connectivity index (χ4v) is 3.01. The van der Waals surface area contributed by atoms with Crippen molar-refractivity contribution >= 4 is 17.2 Å². The highest BCUT2D eigenvalue weighted by molar-refractivity contribution is 7.12. The van der Waals surface area contributed by atoms with Crippen LogP contribution >= 0.6 is 11.3 Å². The predicted octanol–water partition coefficient (Wildman–Crippen LogP) is 1.97. The summed E-state index contributed by atoms with van der Waals surface area (Å²) >= 11 is 1.46. The number of carbonyl (C=O) groups excluding carboxylic acids is 1. The molecule has 0 atom stereocenters. The fourth-order valence-electron chi connectivity index (χ4n) is 2.20. The zero-order chi connectivity index (χ0) is 13.1. The Morgan fingerprint density at radius 1 is 1.61 bits per heavy atom. The van der Waals surface area contributed by atoms with E-state index in [-0.39, 0.29) is 5.91 Å². The van der Waals surface area contributed by atoms with Crippen LogP contribution in [0.5, 0.6) is 0 Å². The minimum atomic E-state index is -0.180. The monoisotopic (exact) mass is 267 g/mol. The Hall–Kier alpha value is -0.910. The highest BCUT2D eigenvalue weighted by atomic mass is 32.1. The number of thiophene rings is 1. The van der Waals surface area contributed by atoms with Crippen molar-refractivity contribution in [3.8, 4) is 0 Å². The van der Waals surface area contributed by atoms with E-state index in [9.17, 15) is 4.79 Å². The molecule has 1 aromatic heterocycles. The molecule has 0 spiro atoms. The minimum Gasteiger partial charge on any atom is -0.296 e. The maximum atomic E-state index is 11.6. The quantitative estimate of drug-likeness (QED) is 0.471. The second-order valence-electron chi connectivity index (χ2n) is 5.30. The van der Waals surface area contributed by atoms with Crippen molar-refractivity contribution in [2.45, 2.75) is 39.3 Å². The zero-order valence-corrected chi connectivity index (χ0v) is 11.8. The zero-order valence-electron chi connectivity index (χ0n) is 11.0. The van der Waals surface area contributed by atoms with Gasteiger partial charge in [-0.05, 0) is 35.8 Å². The summed E-state index contributed by atoms with van der Waals surface area (Å²) in [7, 11) is 0. The molecule has 2 rings (SSSR count). The van der Waals surface area contributed by atoms with Crippen LogP contribution in [0.25, 0.3) is 0 Å². The first-order valence-electron chi connectivity index (χ1n) is 6.43. The molecule has 1 heterocycles. The first-order chi connectivity index (χ1) is 8.61.